The average molecular weight is 445 g/mol. The second-order valence-electron chi connectivity index (χ2n) is 6.16. The number of methoxy groups -OCH3 is 2. The lowest BCUT2D eigenvalue weighted by atomic mass is 10.0. The van der Waals surface area contributed by atoms with Crippen molar-refractivity contribution in [1.82, 2.24) is 14.8 Å². The number of ether oxygens (including phenoxy) is 2. The topological polar surface area (TPSA) is 66.2 Å². The molecule has 0 aliphatic rings. The van der Waals surface area contributed by atoms with Crippen LogP contribution in [0.1, 0.15) is 21.5 Å². The minimum atomic E-state index is -5.10. The van der Waals surface area contributed by atoms with E-state index in [9.17, 15) is 31.1 Å². The van der Waals surface area contributed by atoms with Crippen LogP contribution in [-0.2, 0) is 12.4 Å². The van der Waals surface area contributed by atoms with E-state index in [2.05, 4.69) is 10.1 Å². The van der Waals surface area contributed by atoms with Gasteiger partial charge in [-0.1, -0.05) is 0 Å². The van der Waals surface area contributed by atoms with E-state index in [-0.39, 0.29) is 17.9 Å². The fourth-order valence-corrected chi connectivity index (χ4v) is 2.65. The zero-order valence-electron chi connectivity index (χ0n) is 15.9. The number of nitrogens with zero attached hydrogens (tertiary/aromatic N) is 3. The van der Waals surface area contributed by atoms with Crippen LogP contribution < -0.4 is 9.47 Å². The van der Waals surface area contributed by atoms with Crippen molar-refractivity contribution in [1.29, 1.82) is 0 Å². The van der Waals surface area contributed by atoms with Gasteiger partial charge in [-0.2, -0.15) is 36.0 Å². The van der Waals surface area contributed by atoms with Crippen molar-refractivity contribution in [3.63, 3.8) is 0 Å². The van der Waals surface area contributed by atoms with E-state index in [0.29, 0.717) is 28.1 Å². The summed E-state index contributed by atoms with van der Waals surface area (Å²) in [6, 6.07) is 6.30. The van der Waals surface area contributed by atoms with Crippen molar-refractivity contribution in [3.05, 3.63) is 59.2 Å². The summed E-state index contributed by atoms with van der Waals surface area (Å²) in [5.41, 5.74) is -3.81. The molecule has 0 saturated carbocycles. The third-order valence-electron chi connectivity index (χ3n) is 4.15. The SMILES string of the molecule is COc1ccc(-c2nc(OC)nn2C(=O)c2cc(C(F)(F)F)cc(C(F)(F)F)c2)cc1. The maximum Gasteiger partial charge on any atom is 0.416 e. The van der Waals surface area contributed by atoms with Gasteiger partial charge in [0.05, 0.1) is 25.3 Å². The van der Waals surface area contributed by atoms with Crippen LogP contribution in [0.15, 0.2) is 42.5 Å². The molecule has 0 saturated heterocycles. The predicted molar refractivity (Wildman–Crippen MR) is 94.7 cm³/mol. The molecule has 0 fully saturated rings. The number of benzene rings is 2. The summed E-state index contributed by atoms with van der Waals surface area (Å²) in [5.74, 6) is -0.922. The molecule has 0 N–H and O–H groups in total. The zero-order valence-corrected chi connectivity index (χ0v) is 15.9. The van der Waals surface area contributed by atoms with Crippen LogP contribution in [-0.4, -0.2) is 34.9 Å². The maximum atomic E-state index is 13.1. The first-order chi connectivity index (χ1) is 14.4. The molecule has 0 atom stereocenters. The number of carbonyl (C=O) groups is 1. The largest absolute Gasteiger partial charge is 0.497 e. The fraction of sp³-hybridized carbons (Fsp3) is 0.211. The Labute approximate surface area is 171 Å². The molecule has 0 amide bonds. The van der Waals surface area contributed by atoms with Crippen molar-refractivity contribution in [3.8, 4) is 23.1 Å². The highest BCUT2D eigenvalue weighted by molar-refractivity contribution is 5.97. The number of alkyl halides is 6. The molecule has 0 radical (unpaired) electrons. The summed E-state index contributed by atoms with van der Waals surface area (Å²) < 4.78 is 89.3. The highest BCUT2D eigenvalue weighted by Crippen LogP contribution is 2.36. The van der Waals surface area contributed by atoms with Gasteiger partial charge in [0.2, 0.25) is 0 Å². The van der Waals surface area contributed by atoms with Gasteiger partial charge in [-0.25, -0.2) is 0 Å². The molecule has 2 aromatic carbocycles. The molecular formula is C19H13F6N3O3. The Morgan fingerprint density at radius 2 is 1.42 bits per heavy atom. The van der Waals surface area contributed by atoms with E-state index in [1.807, 2.05) is 0 Å². The Morgan fingerprint density at radius 3 is 1.87 bits per heavy atom. The minimum absolute atomic E-state index is 0.0664. The van der Waals surface area contributed by atoms with Crippen LogP contribution in [0.5, 0.6) is 11.8 Å². The summed E-state index contributed by atoms with van der Waals surface area (Å²) in [7, 11) is 2.61. The number of carbonyl (C=O) groups excluding carboxylic acids is 1. The number of aromatic nitrogens is 3. The van der Waals surface area contributed by atoms with Gasteiger partial charge in [-0.15, -0.1) is 5.10 Å². The fourth-order valence-electron chi connectivity index (χ4n) is 2.65. The Morgan fingerprint density at radius 1 is 0.871 bits per heavy atom. The molecule has 0 aliphatic heterocycles. The Kier molecular flexibility index (Phi) is 5.66. The second kappa shape index (κ2) is 7.93. The molecule has 3 rings (SSSR count). The molecule has 1 aromatic heterocycles. The lowest BCUT2D eigenvalue weighted by Crippen LogP contribution is -2.19. The maximum absolute atomic E-state index is 13.1. The highest BCUT2D eigenvalue weighted by Gasteiger charge is 2.38. The summed E-state index contributed by atoms with van der Waals surface area (Å²) in [6.45, 7) is 0. The van der Waals surface area contributed by atoms with Crippen LogP contribution in [0.2, 0.25) is 0 Å². The van der Waals surface area contributed by atoms with Gasteiger partial charge in [-0.3, -0.25) is 4.79 Å². The standard InChI is InChI=1S/C19H13F6N3O3/c1-30-14-5-3-10(4-6-14)15-26-17(31-2)27-28(15)16(29)11-7-12(18(20,21)22)9-13(8-11)19(23,24)25/h3-9H,1-2H3. The van der Waals surface area contributed by atoms with Crippen molar-refractivity contribution in [2.45, 2.75) is 12.4 Å². The lowest BCUT2D eigenvalue weighted by Gasteiger charge is -2.14. The Bertz CT molecular complexity index is 1070. The van der Waals surface area contributed by atoms with E-state index >= 15 is 0 Å². The minimum Gasteiger partial charge on any atom is -0.497 e. The van der Waals surface area contributed by atoms with Crippen molar-refractivity contribution < 1.29 is 40.6 Å². The number of rotatable bonds is 4. The molecule has 0 aliphatic carbocycles. The molecule has 0 spiro atoms. The van der Waals surface area contributed by atoms with Gasteiger partial charge in [-0.05, 0) is 42.5 Å². The van der Waals surface area contributed by atoms with Gasteiger partial charge >= 0.3 is 18.4 Å². The highest BCUT2D eigenvalue weighted by atomic mass is 19.4. The summed E-state index contributed by atoms with van der Waals surface area (Å²) >= 11 is 0. The molecule has 164 valence electrons. The van der Waals surface area contributed by atoms with E-state index in [0.717, 1.165) is 0 Å². The first kappa shape index (κ1) is 22.1. The first-order valence-corrected chi connectivity index (χ1v) is 8.43. The van der Waals surface area contributed by atoms with E-state index in [4.69, 9.17) is 9.47 Å². The first-order valence-electron chi connectivity index (χ1n) is 8.43. The lowest BCUT2D eigenvalue weighted by molar-refractivity contribution is -0.143. The molecule has 12 heteroatoms. The van der Waals surface area contributed by atoms with Gasteiger partial charge in [0, 0.05) is 11.1 Å². The molecule has 6 nitrogen and oxygen atoms in total. The van der Waals surface area contributed by atoms with Crippen molar-refractivity contribution in [2.24, 2.45) is 0 Å². The molecule has 0 unspecified atom stereocenters. The van der Waals surface area contributed by atoms with Gasteiger partial charge in [0.25, 0.3) is 5.91 Å². The monoisotopic (exact) mass is 445 g/mol. The molecule has 31 heavy (non-hydrogen) atoms. The second-order valence-corrected chi connectivity index (χ2v) is 6.16. The third-order valence-corrected chi connectivity index (χ3v) is 4.15. The van der Waals surface area contributed by atoms with Crippen LogP contribution >= 0.6 is 0 Å². The molecule has 3 aromatic rings. The van der Waals surface area contributed by atoms with E-state index in [1.165, 1.54) is 38.5 Å². The van der Waals surface area contributed by atoms with Crippen molar-refractivity contribution >= 4 is 5.91 Å². The average Bonchev–Trinajstić information content (AvgIpc) is 3.16. The summed E-state index contributed by atoms with van der Waals surface area (Å²) in [5, 5.41) is 3.75. The summed E-state index contributed by atoms with van der Waals surface area (Å²) in [6.07, 6.45) is -10.2. The Hall–Kier alpha value is -3.57. The van der Waals surface area contributed by atoms with E-state index < -0.39 is 35.0 Å². The quantitative estimate of drug-likeness (QED) is 0.546. The van der Waals surface area contributed by atoms with Crippen LogP contribution in [0.25, 0.3) is 11.4 Å². The normalized spacial score (nSPS) is 12.0. The van der Waals surface area contributed by atoms with Crippen LogP contribution in [0.4, 0.5) is 26.3 Å². The van der Waals surface area contributed by atoms with Gasteiger partial charge in [0.1, 0.15) is 5.75 Å². The van der Waals surface area contributed by atoms with E-state index in [1.54, 1.807) is 0 Å². The smallest absolute Gasteiger partial charge is 0.416 e. The number of hydrogen-bond acceptors (Lipinski definition) is 5. The molecule has 0 bridgehead atoms. The molecular weight excluding hydrogens is 432 g/mol. The van der Waals surface area contributed by atoms with Gasteiger partial charge in [0.15, 0.2) is 5.82 Å². The van der Waals surface area contributed by atoms with Gasteiger partial charge < -0.3 is 9.47 Å². The number of halogens is 6. The van der Waals surface area contributed by atoms with Crippen LogP contribution in [0.3, 0.4) is 0 Å². The third kappa shape index (κ3) is 4.62. The summed E-state index contributed by atoms with van der Waals surface area (Å²) in [4.78, 5) is 16.9. The van der Waals surface area contributed by atoms with Crippen LogP contribution in [0, 0.1) is 0 Å². The molecule has 1 heterocycles. The zero-order chi connectivity index (χ0) is 23.0. The predicted octanol–water partition coefficient (Wildman–Crippen LogP) is 4.69. The van der Waals surface area contributed by atoms with Crippen molar-refractivity contribution in [2.75, 3.05) is 14.2 Å². The number of hydrogen-bond donors (Lipinski definition) is 0. The Balaban J connectivity index is 2.15.